The van der Waals surface area contributed by atoms with Gasteiger partial charge in [-0.2, -0.15) is 0 Å². The predicted octanol–water partition coefficient (Wildman–Crippen LogP) is 16.5. The van der Waals surface area contributed by atoms with Gasteiger partial charge in [-0.15, -0.1) is 45.3 Å². The number of rotatable bonds is 32. The Morgan fingerprint density at radius 2 is 0.806 bits per heavy atom. The zero-order valence-electron chi connectivity index (χ0n) is 38.4. The standard InChI is InChI=1S/C52H74N4O2S4/c1-5-9-13-17-19-23-29-39(27-21-15-11-7-3)37-55-47(49-53-35-43(61-49)41-31-25-33-59-41)45-46(51(55)57)48(50-54-36-44(62-50)42-32-26-34-60-42)56(52(45)58)38-40(28-22-16-12-8-4)30-24-20-18-14-10-6-2/h25-26,31-36,39-40H,5-24,27-30,37-38H2,1-4H3. The number of hydrogen-bond donors (Lipinski definition) is 0. The van der Waals surface area contributed by atoms with Gasteiger partial charge in [0, 0.05) is 35.2 Å². The van der Waals surface area contributed by atoms with Crippen LogP contribution < -0.4 is 0 Å². The average Bonchev–Trinajstić information content (AvgIpc) is 4.15. The highest BCUT2D eigenvalue weighted by atomic mass is 32.1. The molecule has 0 aromatic carbocycles. The van der Waals surface area contributed by atoms with Crippen molar-refractivity contribution < 1.29 is 9.59 Å². The Morgan fingerprint density at radius 3 is 1.15 bits per heavy atom. The van der Waals surface area contributed by atoms with E-state index in [0.29, 0.717) is 36.1 Å². The maximum absolute atomic E-state index is 15.5. The maximum atomic E-state index is 15.5. The minimum absolute atomic E-state index is 0.0430. The number of aromatic nitrogens is 2. The van der Waals surface area contributed by atoms with Gasteiger partial charge in [0.25, 0.3) is 11.8 Å². The molecule has 2 aliphatic rings. The summed E-state index contributed by atoms with van der Waals surface area (Å²) < 4.78 is 0. The van der Waals surface area contributed by atoms with E-state index in [2.05, 4.69) is 62.7 Å². The minimum Gasteiger partial charge on any atom is -0.304 e. The van der Waals surface area contributed by atoms with E-state index in [9.17, 15) is 0 Å². The van der Waals surface area contributed by atoms with Crippen molar-refractivity contribution in [1.82, 2.24) is 19.8 Å². The Labute approximate surface area is 390 Å². The quantitative estimate of drug-likeness (QED) is 0.0458. The van der Waals surface area contributed by atoms with E-state index in [0.717, 1.165) is 66.6 Å². The monoisotopic (exact) mass is 914 g/mol. The molecule has 0 fully saturated rings. The van der Waals surface area contributed by atoms with E-state index in [1.165, 1.54) is 128 Å². The number of carbonyl (C=O) groups excluding carboxylic acids is 2. The second-order valence-corrected chi connectivity index (χ2v) is 21.8. The highest BCUT2D eigenvalue weighted by molar-refractivity contribution is 7.22. The zero-order valence-corrected chi connectivity index (χ0v) is 41.7. The lowest BCUT2D eigenvalue weighted by Crippen LogP contribution is -2.35. The molecule has 10 heteroatoms. The van der Waals surface area contributed by atoms with Crippen LogP contribution in [0.4, 0.5) is 0 Å². The molecular formula is C52H74N4O2S4. The summed E-state index contributed by atoms with van der Waals surface area (Å²) in [5, 5.41) is 5.74. The van der Waals surface area contributed by atoms with Crippen molar-refractivity contribution in [1.29, 1.82) is 0 Å². The molecule has 0 N–H and O–H groups in total. The highest BCUT2D eigenvalue weighted by Gasteiger charge is 2.51. The molecule has 4 aromatic rings. The lowest BCUT2D eigenvalue weighted by Gasteiger charge is -2.29. The predicted molar refractivity (Wildman–Crippen MR) is 269 cm³/mol. The van der Waals surface area contributed by atoms with Crippen molar-refractivity contribution >= 4 is 68.6 Å². The number of thiazole rings is 2. The van der Waals surface area contributed by atoms with E-state index in [-0.39, 0.29) is 11.8 Å². The molecule has 6 nitrogen and oxygen atoms in total. The first-order chi connectivity index (χ1) is 30.5. The van der Waals surface area contributed by atoms with Crippen LogP contribution in [0.5, 0.6) is 0 Å². The molecule has 2 atom stereocenters. The van der Waals surface area contributed by atoms with Gasteiger partial charge < -0.3 is 9.80 Å². The molecule has 2 amide bonds. The van der Waals surface area contributed by atoms with Crippen molar-refractivity contribution in [3.8, 4) is 19.5 Å². The van der Waals surface area contributed by atoms with Crippen LogP contribution in [-0.2, 0) is 9.59 Å². The molecule has 338 valence electrons. The van der Waals surface area contributed by atoms with Crippen LogP contribution >= 0.6 is 45.3 Å². The van der Waals surface area contributed by atoms with E-state index in [1.54, 1.807) is 45.3 Å². The fraction of sp³-hybridized carbons (Fsp3) is 0.615. The summed E-state index contributed by atoms with van der Waals surface area (Å²) in [7, 11) is 0. The van der Waals surface area contributed by atoms with Gasteiger partial charge in [0.1, 0.15) is 10.0 Å². The number of nitrogens with zero attached hydrogens (tertiary/aromatic N) is 4. The summed E-state index contributed by atoms with van der Waals surface area (Å²) in [6.45, 7) is 10.3. The number of unbranched alkanes of at least 4 members (excludes halogenated alkanes) is 16. The SMILES string of the molecule is CCCCCCCCC(CCCCCC)CN1C(=O)C2=C(c3ncc(-c4cccs4)s3)N(CC(CCCCCC)CCCCCCCC)C(=O)C2=C1c1ncc(-c2cccs2)s1. The number of carbonyl (C=O) groups is 2. The molecule has 0 saturated carbocycles. The summed E-state index contributed by atoms with van der Waals surface area (Å²) in [5.41, 5.74) is 2.57. The lowest BCUT2D eigenvalue weighted by molar-refractivity contribution is -0.124. The van der Waals surface area contributed by atoms with Crippen molar-refractivity contribution in [2.24, 2.45) is 11.8 Å². The lowest BCUT2D eigenvalue weighted by atomic mass is 9.93. The van der Waals surface area contributed by atoms with Crippen LogP contribution in [0, 0.1) is 11.8 Å². The number of hydrogen-bond acceptors (Lipinski definition) is 8. The highest BCUT2D eigenvalue weighted by Crippen LogP contribution is 2.50. The number of fused-ring (bicyclic) bond motifs is 1. The fourth-order valence-electron chi connectivity index (χ4n) is 9.34. The van der Waals surface area contributed by atoms with Crippen LogP contribution in [0.2, 0.25) is 0 Å². The van der Waals surface area contributed by atoms with Crippen LogP contribution in [0.3, 0.4) is 0 Å². The summed E-state index contributed by atoms with van der Waals surface area (Å²) in [4.78, 5) is 49.6. The Morgan fingerprint density at radius 1 is 0.468 bits per heavy atom. The third kappa shape index (κ3) is 13.1. The van der Waals surface area contributed by atoms with Gasteiger partial charge in [-0.1, -0.05) is 168 Å². The molecule has 0 bridgehead atoms. The Balaban J connectivity index is 1.40. The molecule has 2 aliphatic heterocycles. The Bertz CT molecular complexity index is 1850. The van der Waals surface area contributed by atoms with Crippen molar-refractivity contribution in [2.45, 2.75) is 182 Å². The summed E-state index contributed by atoms with van der Waals surface area (Å²) in [5.74, 6) is 0.633. The normalized spacial score (nSPS) is 15.2. The van der Waals surface area contributed by atoms with Crippen LogP contribution in [0.25, 0.3) is 30.9 Å². The smallest absolute Gasteiger partial charge is 0.261 e. The first-order valence-corrected chi connectivity index (χ1v) is 28.0. The van der Waals surface area contributed by atoms with Gasteiger partial charge in [0.2, 0.25) is 0 Å². The summed E-state index contributed by atoms with van der Waals surface area (Å²) in [6, 6.07) is 8.42. The molecule has 62 heavy (non-hydrogen) atoms. The fourth-order valence-corrected chi connectivity index (χ4v) is 12.9. The summed E-state index contributed by atoms with van der Waals surface area (Å²) in [6.07, 6.45) is 33.1. The topological polar surface area (TPSA) is 66.4 Å². The van der Waals surface area contributed by atoms with Crippen molar-refractivity contribution in [3.63, 3.8) is 0 Å². The zero-order chi connectivity index (χ0) is 43.5. The van der Waals surface area contributed by atoms with Crippen molar-refractivity contribution in [3.05, 3.63) is 68.6 Å². The molecule has 2 unspecified atom stereocenters. The van der Waals surface area contributed by atoms with E-state index in [4.69, 9.17) is 9.97 Å². The number of amides is 2. The second kappa shape index (κ2) is 26.1. The molecular weight excluding hydrogens is 841 g/mol. The molecule has 6 rings (SSSR count). The average molecular weight is 915 g/mol. The molecule has 0 radical (unpaired) electrons. The third-order valence-electron chi connectivity index (χ3n) is 12.9. The first-order valence-electron chi connectivity index (χ1n) is 24.6. The molecule has 6 heterocycles. The first kappa shape index (κ1) is 48.5. The summed E-state index contributed by atoms with van der Waals surface area (Å²) >= 11 is 6.64. The van der Waals surface area contributed by atoms with Gasteiger partial charge in [-0.3, -0.25) is 9.59 Å². The molecule has 0 saturated heterocycles. The third-order valence-corrected chi connectivity index (χ3v) is 17.0. The van der Waals surface area contributed by atoms with Gasteiger partial charge in [0.15, 0.2) is 0 Å². The van der Waals surface area contributed by atoms with E-state index in [1.807, 2.05) is 22.2 Å². The van der Waals surface area contributed by atoms with Crippen LogP contribution in [0.15, 0.2) is 58.6 Å². The largest absolute Gasteiger partial charge is 0.304 e. The molecule has 0 spiro atoms. The second-order valence-electron chi connectivity index (χ2n) is 17.8. The maximum Gasteiger partial charge on any atom is 0.261 e. The number of thiophene rings is 2. The van der Waals surface area contributed by atoms with Crippen molar-refractivity contribution in [2.75, 3.05) is 13.1 Å². The van der Waals surface area contributed by atoms with E-state index < -0.39 is 0 Å². The Kier molecular flexibility index (Phi) is 20.5. The molecule has 0 aliphatic carbocycles. The van der Waals surface area contributed by atoms with Gasteiger partial charge >= 0.3 is 0 Å². The van der Waals surface area contributed by atoms with Gasteiger partial charge in [-0.25, -0.2) is 9.97 Å². The van der Waals surface area contributed by atoms with Crippen LogP contribution in [0.1, 0.15) is 192 Å². The minimum atomic E-state index is -0.0430. The van der Waals surface area contributed by atoms with Gasteiger partial charge in [-0.05, 0) is 60.4 Å². The Hall–Kier alpha value is -2.92. The van der Waals surface area contributed by atoms with Gasteiger partial charge in [0.05, 0.1) is 32.3 Å². The molecule has 4 aromatic heterocycles. The van der Waals surface area contributed by atoms with E-state index >= 15 is 9.59 Å². The van der Waals surface area contributed by atoms with Crippen LogP contribution in [-0.4, -0.2) is 44.7 Å².